The summed E-state index contributed by atoms with van der Waals surface area (Å²) in [4.78, 5) is -0.125. The van der Waals surface area contributed by atoms with Gasteiger partial charge in [0.05, 0.1) is 5.02 Å². The van der Waals surface area contributed by atoms with Crippen LogP contribution in [0.4, 0.5) is 4.39 Å². The Kier molecular flexibility index (Phi) is 5.05. The fourth-order valence-electron chi connectivity index (χ4n) is 1.56. The van der Waals surface area contributed by atoms with Gasteiger partial charge in [0.25, 0.3) is 0 Å². The molecule has 0 aliphatic heterocycles. The van der Waals surface area contributed by atoms with E-state index >= 15 is 0 Å². The Morgan fingerprint density at radius 2 is 2.10 bits per heavy atom. The molecule has 0 amide bonds. The van der Waals surface area contributed by atoms with Crippen LogP contribution in [0.5, 0.6) is 0 Å². The molecule has 1 heterocycles. The molecule has 0 unspecified atom stereocenters. The monoisotopic (exact) mass is 397 g/mol. The van der Waals surface area contributed by atoms with E-state index < -0.39 is 22.4 Å². The Labute approximate surface area is 133 Å². The standard InChI is InChI=1S/C12H10BrClFNO4S/c13-12-11(4-8(6-17)20-12)21(18,19)16-5-7-1-2-10(15)9(14)3-7/h1-4,16-17H,5-6H2. The van der Waals surface area contributed by atoms with E-state index in [0.717, 1.165) is 6.07 Å². The normalized spacial score (nSPS) is 11.8. The number of furan rings is 1. The van der Waals surface area contributed by atoms with Crippen LogP contribution < -0.4 is 4.72 Å². The molecule has 0 fully saturated rings. The van der Waals surface area contributed by atoms with E-state index in [1.54, 1.807) is 0 Å². The minimum atomic E-state index is -3.84. The minimum Gasteiger partial charge on any atom is -0.450 e. The van der Waals surface area contributed by atoms with Crippen molar-refractivity contribution >= 4 is 37.6 Å². The lowest BCUT2D eigenvalue weighted by Crippen LogP contribution is -2.23. The first-order valence-electron chi connectivity index (χ1n) is 5.66. The van der Waals surface area contributed by atoms with Crippen molar-refractivity contribution in [3.8, 4) is 0 Å². The highest BCUT2D eigenvalue weighted by molar-refractivity contribution is 9.10. The molecule has 0 bridgehead atoms. The molecule has 0 atom stereocenters. The molecule has 21 heavy (non-hydrogen) atoms. The van der Waals surface area contributed by atoms with Gasteiger partial charge in [-0.15, -0.1) is 0 Å². The average molecular weight is 399 g/mol. The minimum absolute atomic E-state index is 0.00353. The van der Waals surface area contributed by atoms with Crippen molar-refractivity contribution in [3.63, 3.8) is 0 Å². The molecular formula is C12H10BrClFNO4S. The van der Waals surface area contributed by atoms with Crippen molar-refractivity contribution in [1.82, 2.24) is 4.72 Å². The summed E-state index contributed by atoms with van der Waals surface area (Å²) < 4.78 is 44.6. The van der Waals surface area contributed by atoms with Crippen LogP contribution in [-0.2, 0) is 23.2 Å². The first-order valence-corrected chi connectivity index (χ1v) is 8.31. The lowest BCUT2D eigenvalue weighted by molar-refractivity contribution is 0.245. The third-order valence-electron chi connectivity index (χ3n) is 2.60. The SMILES string of the molecule is O=S(=O)(NCc1ccc(F)c(Cl)c1)c1cc(CO)oc1Br. The number of hydrogen-bond donors (Lipinski definition) is 2. The predicted molar refractivity (Wildman–Crippen MR) is 77.8 cm³/mol. The zero-order valence-corrected chi connectivity index (χ0v) is 13.6. The van der Waals surface area contributed by atoms with Gasteiger partial charge in [-0.2, -0.15) is 0 Å². The highest BCUT2D eigenvalue weighted by atomic mass is 79.9. The molecule has 9 heteroatoms. The van der Waals surface area contributed by atoms with Gasteiger partial charge in [-0.05, 0) is 33.6 Å². The number of halogens is 3. The molecule has 5 nitrogen and oxygen atoms in total. The predicted octanol–water partition coefficient (Wildman–Crippen LogP) is 2.81. The number of aliphatic hydroxyl groups excluding tert-OH is 1. The van der Waals surface area contributed by atoms with Crippen molar-refractivity contribution in [2.24, 2.45) is 0 Å². The fourth-order valence-corrected chi connectivity index (χ4v) is 3.78. The van der Waals surface area contributed by atoms with E-state index in [-0.39, 0.29) is 26.9 Å². The maximum absolute atomic E-state index is 13.0. The van der Waals surface area contributed by atoms with Gasteiger partial charge in [0, 0.05) is 12.6 Å². The van der Waals surface area contributed by atoms with E-state index in [1.807, 2.05) is 0 Å². The fraction of sp³-hybridized carbons (Fsp3) is 0.167. The molecule has 2 rings (SSSR count). The Hall–Kier alpha value is -0.930. The summed E-state index contributed by atoms with van der Waals surface area (Å²) in [5.41, 5.74) is 0.506. The van der Waals surface area contributed by atoms with E-state index in [1.165, 1.54) is 18.2 Å². The summed E-state index contributed by atoms with van der Waals surface area (Å²) in [5, 5.41) is 8.84. The van der Waals surface area contributed by atoms with Crippen molar-refractivity contribution in [2.45, 2.75) is 18.0 Å². The first-order chi connectivity index (χ1) is 9.83. The van der Waals surface area contributed by atoms with E-state index in [4.69, 9.17) is 21.1 Å². The number of sulfonamides is 1. The molecule has 2 N–H and O–H groups in total. The first kappa shape index (κ1) is 16.4. The third-order valence-corrected chi connectivity index (χ3v) is 5.15. The molecule has 0 aliphatic carbocycles. The summed E-state index contributed by atoms with van der Waals surface area (Å²) in [6.45, 7) is -0.476. The van der Waals surface area contributed by atoms with Gasteiger partial charge in [0.2, 0.25) is 10.0 Å². The van der Waals surface area contributed by atoms with Crippen LogP contribution in [0.25, 0.3) is 0 Å². The molecule has 2 aromatic rings. The van der Waals surface area contributed by atoms with Gasteiger partial charge >= 0.3 is 0 Å². The van der Waals surface area contributed by atoms with Gasteiger partial charge < -0.3 is 9.52 Å². The van der Waals surface area contributed by atoms with Crippen LogP contribution in [0.2, 0.25) is 5.02 Å². The van der Waals surface area contributed by atoms with Crippen LogP contribution in [0, 0.1) is 5.82 Å². The Balaban J connectivity index is 2.17. The van der Waals surface area contributed by atoms with Crippen LogP contribution >= 0.6 is 27.5 Å². The molecule has 114 valence electrons. The smallest absolute Gasteiger partial charge is 0.245 e. The van der Waals surface area contributed by atoms with Crippen LogP contribution in [0.1, 0.15) is 11.3 Å². The van der Waals surface area contributed by atoms with Crippen molar-refractivity contribution in [1.29, 1.82) is 0 Å². The molecule has 0 spiro atoms. The molecular weight excluding hydrogens is 389 g/mol. The third kappa shape index (κ3) is 3.83. The number of hydrogen-bond acceptors (Lipinski definition) is 4. The number of nitrogens with one attached hydrogen (secondary N) is 1. The van der Waals surface area contributed by atoms with Crippen LogP contribution in [-0.4, -0.2) is 13.5 Å². The van der Waals surface area contributed by atoms with E-state index in [2.05, 4.69) is 20.7 Å². The Morgan fingerprint density at radius 3 is 2.67 bits per heavy atom. The lowest BCUT2D eigenvalue weighted by atomic mass is 10.2. The second-order valence-electron chi connectivity index (χ2n) is 4.08. The topological polar surface area (TPSA) is 79.5 Å². The molecule has 0 saturated carbocycles. The molecule has 1 aromatic heterocycles. The quantitative estimate of drug-likeness (QED) is 0.812. The highest BCUT2D eigenvalue weighted by Gasteiger charge is 2.22. The summed E-state index contributed by atoms with van der Waals surface area (Å²) >= 11 is 8.60. The van der Waals surface area contributed by atoms with Gasteiger partial charge in [-0.1, -0.05) is 17.7 Å². The second kappa shape index (κ2) is 6.45. The van der Waals surface area contributed by atoms with Crippen molar-refractivity contribution in [2.75, 3.05) is 0 Å². The number of rotatable bonds is 5. The lowest BCUT2D eigenvalue weighted by Gasteiger charge is -2.06. The van der Waals surface area contributed by atoms with Gasteiger partial charge in [-0.3, -0.25) is 0 Å². The summed E-state index contributed by atoms with van der Waals surface area (Å²) in [5.74, 6) is -0.458. The van der Waals surface area contributed by atoms with Crippen LogP contribution in [0.15, 0.2) is 38.2 Å². The van der Waals surface area contributed by atoms with Gasteiger partial charge in [-0.25, -0.2) is 17.5 Å². The van der Waals surface area contributed by atoms with E-state index in [0.29, 0.717) is 5.56 Å². The largest absolute Gasteiger partial charge is 0.450 e. The van der Waals surface area contributed by atoms with Gasteiger partial charge in [0.1, 0.15) is 23.1 Å². The summed E-state index contributed by atoms with van der Waals surface area (Å²) in [7, 11) is -3.84. The summed E-state index contributed by atoms with van der Waals surface area (Å²) in [6, 6.07) is 5.13. The molecule has 0 radical (unpaired) electrons. The van der Waals surface area contributed by atoms with E-state index in [9.17, 15) is 12.8 Å². The Morgan fingerprint density at radius 1 is 1.38 bits per heavy atom. The molecule has 1 aromatic carbocycles. The zero-order chi connectivity index (χ0) is 15.6. The Bertz CT molecular complexity index is 763. The van der Waals surface area contributed by atoms with Gasteiger partial charge in [0.15, 0.2) is 4.67 Å². The maximum atomic E-state index is 13.0. The van der Waals surface area contributed by atoms with Crippen molar-refractivity contribution in [3.05, 3.63) is 51.1 Å². The highest BCUT2D eigenvalue weighted by Crippen LogP contribution is 2.26. The zero-order valence-electron chi connectivity index (χ0n) is 10.4. The molecule has 0 aliphatic rings. The second-order valence-corrected chi connectivity index (χ2v) is 6.94. The maximum Gasteiger partial charge on any atom is 0.245 e. The van der Waals surface area contributed by atoms with Crippen LogP contribution in [0.3, 0.4) is 0 Å². The number of benzene rings is 1. The average Bonchev–Trinajstić information content (AvgIpc) is 2.82. The molecule has 0 saturated heterocycles. The summed E-state index contributed by atoms with van der Waals surface area (Å²) in [6.07, 6.45) is 0. The van der Waals surface area contributed by atoms with Crippen molar-refractivity contribution < 1.29 is 22.3 Å². The number of aliphatic hydroxyl groups is 1.